The number of hydrogen-bond donors (Lipinski definition) is 2. The van der Waals surface area contributed by atoms with E-state index in [-0.39, 0.29) is 11.3 Å². The van der Waals surface area contributed by atoms with Crippen LogP contribution in [0, 0.1) is 23.2 Å². The van der Waals surface area contributed by atoms with E-state index in [0.29, 0.717) is 4.47 Å². The Morgan fingerprint density at radius 2 is 1.94 bits per heavy atom. The van der Waals surface area contributed by atoms with Crippen LogP contribution in [0.3, 0.4) is 0 Å². The van der Waals surface area contributed by atoms with Crippen molar-refractivity contribution in [3.05, 3.63) is 34.3 Å². The van der Waals surface area contributed by atoms with Gasteiger partial charge in [0.05, 0.1) is 12.1 Å². The number of nitrogens with one attached hydrogen (secondary N) is 2. The highest BCUT2D eigenvalue weighted by atomic mass is 79.9. The van der Waals surface area contributed by atoms with Crippen molar-refractivity contribution < 1.29 is 26.9 Å². The molecule has 1 aromatic carbocycles. The first-order valence-electron chi connectivity index (χ1n) is 9.12. The zero-order chi connectivity index (χ0) is 23.4. The van der Waals surface area contributed by atoms with E-state index in [1.807, 2.05) is 0 Å². The number of carbonyl (C=O) groups is 1. The lowest BCUT2D eigenvalue weighted by molar-refractivity contribution is -0.185. The lowest BCUT2D eigenvalue weighted by atomic mass is 9.87. The third-order valence-corrected chi connectivity index (χ3v) is 6.13. The van der Waals surface area contributed by atoms with E-state index >= 15 is 0 Å². The normalized spacial score (nSPS) is 27.8. The van der Waals surface area contributed by atoms with Gasteiger partial charge in [0.15, 0.2) is 11.8 Å². The molecule has 31 heavy (non-hydrogen) atoms. The monoisotopic (exact) mass is 521 g/mol. The van der Waals surface area contributed by atoms with Gasteiger partial charge in [-0.2, -0.15) is 18.4 Å². The van der Waals surface area contributed by atoms with Gasteiger partial charge >= 0.3 is 6.18 Å². The average molecular weight is 522 g/mol. The summed E-state index contributed by atoms with van der Waals surface area (Å²) in [5, 5.41) is 13.7. The first-order chi connectivity index (χ1) is 14.3. The van der Waals surface area contributed by atoms with Crippen LogP contribution < -0.4 is 10.6 Å². The van der Waals surface area contributed by atoms with Gasteiger partial charge in [-0.25, -0.2) is 4.39 Å². The Morgan fingerprint density at radius 3 is 2.45 bits per heavy atom. The van der Waals surface area contributed by atoms with E-state index < -0.39 is 58.7 Å². The van der Waals surface area contributed by atoms with Gasteiger partial charge in [0.1, 0.15) is 11.4 Å². The highest BCUT2D eigenvalue weighted by molar-refractivity contribution is 9.10. The highest BCUT2D eigenvalue weighted by Gasteiger charge is 2.57. The molecule has 1 unspecified atom stereocenters. The van der Waals surface area contributed by atoms with E-state index in [1.165, 1.54) is 24.3 Å². The van der Waals surface area contributed by atoms with Gasteiger partial charge in [0.25, 0.3) is 0 Å². The summed E-state index contributed by atoms with van der Waals surface area (Å²) in [6.45, 7) is 2.26. The van der Waals surface area contributed by atoms with E-state index in [9.17, 15) is 32.2 Å². The van der Waals surface area contributed by atoms with Crippen LogP contribution in [0.2, 0.25) is 0 Å². The van der Waals surface area contributed by atoms with Crippen LogP contribution in [-0.2, 0) is 21.5 Å². The molecule has 0 bridgehead atoms. The van der Waals surface area contributed by atoms with Crippen LogP contribution in [0.15, 0.2) is 28.7 Å². The van der Waals surface area contributed by atoms with Gasteiger partial charge in [-0.1, -0.05) is 34.0 Å². The second-order valence-electron chi connectivity index (χ2n) is 7.62. The molecule has 0 saturated heterocycles. The Morgan fingerprint density at radius 1 is 1.32 bits per heavy atom. The van der Waals surface area contributed by atoms with Crippen molar-refractivity contribution in [3.8, 4) is 17.9 Å². The summed E-state index contributed by atoms with van der Waals surface area (Å²) in [5.74, 6) is 2.68. The smallest absolute Gasteiger partial charge is 0.422 e. The Balaban J connectivity index is 2.69. The molecule has 168 valence electrons. The maximum Gasteiger partial charge on any atom is 0.422 e. The molecule has 1 aliphatic heterocycles. The Bertz CT molecular complexity index is 903. The average Bonchev–Trinajstić information content (AvgIpc) is 2.66. The molecular formula is C20H20BrF4N3O2S. The third-order valence-electron chi connectivity index (χ3n) is 4.43. The SMILES string of the molecule is CC(C)(F)C[C@@H]1N[C@@](c2ccc(Br)cc2)(C(F)(F)F)C#CC[S+]([O-])C[C@@H](C#N)NC1=O. The molecule has 0 spiro atoms. The van der Waals surface area contributed by atoms with Crippen LogP contribution in [0.1, 0.15) is 25.8 Å². The number of benzene rings is 1. The van der Waals surface area contributed by atoms with Crippen molar-refractivity contribution in [1.29, 1.82) is 5.26 Å². The quantitative estimate of drug-likeness (QED) is 0.363. The number of halogens is 5. The molecule has 1 heterocycles. The minimum atomic E-state index is -5.02. The van der Waals surface area contributed by atoms with Crippen molar-refractivity contribution in [2.45, 2.75) is 49.7 Å². The molecule has 0 fully saturated rings. The summed E-state index contributed by atoms with van der Waals surface area (Å²) in [6.07, 6.45) is -5.63. The van der Waals surface area contributed by atoms with Crippen molar-refractivity contribution in [1.82, 2.24) is 10.6 Å². The van der Waals surface area contributed by atoms with Crippen LogP contribution in [0.25, 0.3) is 0 Å². The molecule has 2 rings (SSSR count). The predicted octanol–water partition coefficient (Wildman–Crippen LogP) is 3.08. The molecule has 0 aromatic heterocycles. The van der Waals surface area contributed by atoms with Crippen molar-refractivity contribution in [3.63, 3.8) is 0 Å². The number of nitriles is 1. The summed E-state index contributed by atoms with van der Waals surface area (Å²) in [5.41, 5.74) is -5.35. The molecule has 1 aliphatic rings. The standard InChI is InChI=1S/C20H20BrF4N3O2S/c1-18(2,22)10-16-17(29)27-15(11-26)12-31(30)9-3-8-19(28-16,20(23,24)25)13-4-6-14(21)7-5-13/h4-7,15-16,28H,9-10,12H2,1-2H3,(H,27,29)/t15-,16+,19+,31?/m1/s1. The molecule has 2 N–H and O–H groups in total. The lowest BCUT2D eigenvalue weighted by Gasteiger charge is -2.37. The van der Waals surface area contributed by atoms with Crippen molar-refractivity contribution in [2.75, 3.05) is 11.5 Å². The van der Waals surface area contributed by atoms with E-state index in [0.717, 1.165) is 13.8 Å². The van der Waals surface area contributed by atoms with Gasteiger partial charge in [-0.15, -0.1) is 0 Å². The van der Waals surface area contributed by atoms with Gasteiger partial charge < -0.3 is 9.87 Å². The molecule has 0 aliphatic carbocycles. The second kappa shape index (κ2) is 9.78. The summed E-state index contributed by atoms with van der Waals surface area (Å²) in [6, 6.07) is 3.99. The van der Waals surface area contributed by atoms with E-state index in [1.54, 1.807) is 6.07 Å². The van der Waals surface area contributed by atoms with Crippen LogP contribution in [-0.4, -0.2) is 45.9 Å². The molecule has 1 aromatic rings. The van der Waals surface area contributed by atoms with Gasteiger partial charge in [-0.05, 0) is 48.6 Å². The Labute approximate surface area is 189 Å². The van der Waals surface area contributed by atoms with Gasteiger partial charge in [0.2, 0.25) is 11.4 Å². The molecule has 1 amide bonds. The molecule has 0 saturated carbocycles. The number of alkyl halides is 4. The molecular weight excluding hydrogens is 502 g/mol. The van der Waals surface area contributed by atoms with Crippen LogP contribution >= 0.6 is 15.9 Å². The maximum absolute atomic E-state index is 14.5. The fourth-order valence-corrected chi connectivity index (χ4v) is 4.19. The minimum absolute atomic E-state index is 0.306. The molecule has 5 nitrogen and oxygen atoms in total. The van der Waals surface area contributed by atoms with Crippen molar-refractivity contribution in [2.24, 2.45) is 0 Å². The predicted molar refractivity (Wildman–Crippen MR) is 112 cm³/mol. The zero-order valence-electron chi connectivity index (χ0n) is 16.6. The first-order valence-corrected chi connectivity index (χ1v) is 11.4. The van der Waals surface area contributed by atoms with Gasteiger partial charge in [0, 0.05) is 10.9 Å². The Kier molecular flexibility index (Phi) is 8.04. The summed E-state index contributed by atoms with van der Waals surface area (Å²) >= 11 is 1.38. The first kappa shape index (κ1) is 25.5. The van der Waals surface area contributed by atoms with Crippen LogP contribution in [0.4, 0.5) is 17.6 Å². The summed E-state index contributed by atoms with van der Waals surface area (Å²) < 4.78 is 70.6. The maximum atomic E-state index is 14.5. The number of carbonyl (C=O) groups excluding carboxylic acids is 1. The van der Waals surface area contributed by atoms with E-state index in [2.05, 4.69) is 38.4 Å². The Hall–Kier alpha value is -1.79. The van der Waals surface area contributed by atoms with E-state index in [4.69, 9.17) is 0 Å². The highest BCUT2D eigenvalue weighted by Crippen LogP contribution is 2.40. The van der Waals surface area contributed by atoms with Gasteiger partial charge in [-0.3, -0.25) is 10.1 Å². The lowest BCUT2D eigenvalue weighted by Crippen LogP contribution is -2.61. The largest absolute Gasteiger partial charge is 0.616 e. The second-order valence-corrected chi connectivity index (χ2v) is 10.0. The summed E-state index contributed by atoms with van der Waals surface area (Å²) in [7, 11) is 0. The topological polar surface area (TPSA) is 88.0 Å². The molecule has 4 atom stereocenters. The zero-order valence-corrected chi connectivity index (χ0v) is 19.0. The van der Waals surface area contributed by atoms with Crippen LogP contribution in [0.5, 0.6) is 0 Å². The molecule has 11 heteroatoms. The fraction of sp³-hybridized carbons (Fsp3) is 0.500. The third kappa shape index (κ3) is 6.59. The minimum Gasteiger partial charge on any atom is -0.616 e. The number of rotatable bonds is 3. The molecule has 0 radical (unpaired) electrons. The number of hydrogen-bond acceptors (Lipinski definition) is 4. The van der Waals surface area contributed by atoms with Crippen molar-refractivity contribution >= 4 is 33.0 Å². The number of nitrogens with zero attached hydrogens (tertiary/aromatic N) is 1. The number of amides is 1. The fourth-order valence-electron chi connectivity index (χ4n) is 3.04. The summed E-state index contributed by atoms with van der Waals surface area (Å²) in [4.78, 5) is 12.8.